The Hall–Kier alpha value is -1.74. The zero-order chi connectivity index (χ0) is 19.6. The number of halogens is 1. The number of thioether (sulfide) groups is 1. The van der Waals surface area contributed by atoms with Crippen LogP contribution in [0.25, 0.3) is 0 Å². The first-order valence-corrected chi connectivity index (χ1v) is 9.84. The third-order valence-corrected chi connectivity index (χ3v) is 5.04. The van der Waals surface area contributed by atoms with Gasteiger partial charge >= 0.3 is 0 Å². The summed E-state index contributed by atoms with van der Waals surface area (Å²) in [5, 5.41) is 7.09. The fourth-order valence-corrected chi connectivity index (χ4v) is 3.39. The molecule has 0 aliphatic carbocycles. The minimum Gasteiger partial charge on any atom is -0.355 e. The first-order valence-electron chi connectivity index (χ1n) is 8.96. The largest absolute Gasteiger partial charge is 0.355 e. The van der Waals surface area contributed by atoms with Crippen molar-refractivity contribution in [3.63, 3.8) is 0 Å². The van der Waals surface area contributed by atoms with Gasteiger partial charge in [-0.2, -0.15) is 0 Å². The molecule has 28 heavy (non-hydrogen) atoms. The molecule has 1 amide bonds. The number of aliphatic imine (C=N–C) groups is 1. The van der Waals surface area contributed by atoms with Crippen LogP contribution in [0, 0.1) is 0 Å². The van der Waals surface area contributed by atoms with Crippen LogP contribution >= 0.6 is 35.7 Å². The van der Waals surface area contributed by atoms with Gasteiger partial charge in [0.25, 0.3) is 5.91 Å². The standard InChI is InChI=1S/C21H28N4OS.HI/c1-16(27-19-8-6-5-7-9-19)14-23-21(22-2)24-15-17-10-12-18(13-11-17)20(26)25(3)4;/h5-13,16H,14-15H2,1-4H3,(H2,22,23,24);1H. The maximum Gasteiger partial charge on any atom is 0.253 e. The van der Waals surface area contributed by atoms with E-state index in [9.17, 15) is 4.79 Å². The van der Waals surface area contributed by atoms with Gasteiger partial charge in [0.15, 0.2) is 5.96 Å². The molecule has 0 aromatic heterocycles. The number of hydrogen-bond donors (Lipinski definition) is 2. The van der Waals surface area contributed by atoms with E-state index in [2.05, 4.69) is 46.8 Å². The lowest BCUT2D eigenvalue weighted by atomic mass is 10.1. The van der Waals surface area contributed by atoms with Crippen LogP contribution in [0.4, 0.5) is 0 Å². The number of amides is 1. The van der Waals surface area contributed by atoms with Crippen LogP contribution in [0.1, 0.15) is 22.8 Å². The van der Waals surface area contributed by atoms with Crippen molar-refractivity contribution < 1.29 is 4.79 Å². The second-order valence-corrected chi connectivity index (χ2v) is 7.96. The van der Waals surface area contributed by atoms with E-state index in [1.807, 2.05) is 42.1 Å². The number of guanidine groups is 1. The second-order valence-electron chi connectivity index (χ2n) is 6.44. The molecule has 7 heteroatoms. The van der Waals surface area contributed by atoms with Gasteiger partial charge in [-0.15, -0.1) is 35.7 Å². The quantitative estimate of drug-likeness (QED) is 0.256. The number of rotatable bonds is 7. The Kier molecular flexibility index (Phi) is 11.0. The van der Waals surface area contributed by atoms with Crippen LogP contribution in [0.3, 0.4) is 0 Å². The van der Waals surface area contributed by atoms with E-state index in [0.717, 1.165) is 18.1 Å². The zero-order valence-electron chi connectivity index (χ0n) is 16.8. The number of hydrogen-bond acceptors (Lipinski definition) is 3. The third-order valence-electron chi connectivity index (χ3n) is 3.93. The minimum absolute atomic E-state index is 0. The molecule has 0 radical (unpaired) electrons. The third kappa shape index (κ3) is 8.10. The highest BCUT2D eigenvalue weighted by molar-refractivity contribution is 14.0. The Labute approximate surface area is 189 Å². The topological polar surface area (TPSA) is 56.7 Å². The van der Waals surface area contributed by atoms with Gasteiger partial charge in [0.05, 0.1) is 0 Å². The molecule has 0 heterocycles. The van der Waals surface area contributed by atoms with Crippen molar-refractivity contribution in [2.45, 2.75) is 23.6 Å². The van der Waals surface area contributed by atoms with Gasteiger partial charge in [0.1, 0.15) is 0 Å². The van der Waals surface area contributed by atoms with Crippen molar-refractivity contribution in [2.75, 3.05) is 27.7 Å². The fraction of sp³-hybridized carbons (Fsp3) is 0.333. The first kappa shape index (κ1) is 24.3. The van der Waals surface area contributed by atoms with Gasteiger partial charge in [-0.05, 0) is 29.8 Å². The molecule has 152 valence electrons. The van der Waals surface area contributed by atoms with Crippen molar-refractivity contribution in [1.29, 1.82) is 0 Å². The number of nitrogens with zero attached hydrogens (tertiary/aromatic N) is 2. The van der Waals surface area contributed by atoms with Crippen molar-refractivity contribution >= 4 is 47.6 Å². The van der Waals surface area contributed by atoms with Gasteiger partial charge in [0.2, 0.25) is 0 Å². The Balaban J connectivity index is 0.00000392. The van der Waals surface area contributed by atoms with E-state index < -0.39 is 0 Å². The van der Waals surface area contributed by atoms with Gasteiger partial charge in [0, 0.05) is 49.9 Å². The molecule has 1 atom stereocenters. The van der Waals surface area contributed by atoms with Crippen LogP contribution in [0.5, 0.6) is 0 Å². The molecule has 0 saturated carbocycles. The van der Waals surface area contributed by atoms with Crippen LogP contribution in [-0.4, -0.2) is 49.7 Å². The molecule has 1 unspecified atom stereocenters. The number of carbonyl (C=O) groups is 1. The molecule has 0 saturated heterocycles. The highest BCUT2D eigenvalue weighted by Crippen LogP contribution is 2.21. The summed E-state index contributed by atoms with van der Waals surface area (Å²) >= 11 is 1.84. The lowest BCUT2D eigenvalue weighted by Gasteiger charge is -2.16. The molecule has 2 rings (SSSR count). The Morgan fingerprint density at radius 2 is 1.71 bits per heavy atom. The molecule has 2 N–H and O–H groups in total. The molecule has 2 aromatic rings. The molecule has 5 nitrogen and oxygen atoms in total. The first-order chi connectivity index (χ1) is 13.0. The van der Waals surface area contributed by atoms with Gasteiger partial charge in [-0.25, -0.2) is 0 Å². The van der Waals surface area contributed by atoms with E-state index in [4.69, 9.17) is 0 Å². The van der Waals surface area contributed by atoms with Gasteiger partial charge in [-0.3, -0.25) is 9.79 Å². The number of benzene rings is 2. The summed E-state index contributed by atoms with van der Waals surface area (Å²) in [7, 11) is 5.28. The fourth-order valence-electron chi connectivity index (χ4n) is 2.44. The number of carbonyl (C=O) groups excluding carboxylic acids is 1. The summed E-state index contributed by atoms with van der Waals surface area (Å²) in [6.45, 7) is 3.66. The Morgan fingerprint density at radius 3 is 2.29 bits per heavy atom. The van der Waals surface area contributed by atoms with E-state index in [1.54, 1.807) is 26.0 Å². The molecule has 0 bridgehead atoms. The summed E-state index contributed by atoms with van der Waals surface area (Å²) in [5.74, 6) is 0.779. The molecule has 0 aliphatic heterocycles. The highest BCUT2D eigenvalue weighted by atomic mass is 127. The summed E-state index contributed by atoms with van der Waals surface area (Å²) in [5.41, 5.74) is 1.79. The predicted octanol–water partition coefficient (Wildman–Crippen LogP) is 3.85. The lowest BCUT2D eigenvalue weighted by Crippen LogP contribution is -2.39. The summed E-state index contributed by atoms with van der Waals surface area (Å²) < 4.78 is 0. The average molecular weight is 512 g/mol. The van der Waals surface area contributed by atoms with Crippen LogP contribution in [0.2, 0.25) is 0 Å². The average Bonchev–Trinajstić information content (AvgIpc) is 2.68. The minimum atomic E-state index is 0. The maximum absolute atomic E-state index is 11.9. The summed E-state index contributed by atoms with van der Waals surface area (Å²) in [4.78, 5) is 19.0. The zero-order valence-corrected chi connectivity index (χ0v) is 20.0. The molecule has 0 spiro atoms. The van der Waals surface area contributed by atoms with Gasteiger partial charge in [-0.1, -0.05) is 37.3 Å². The van der Waals surface area contributed by atoms with Crippen LogP contribution in [0.15, 0.2) is 64.5 Å². The smallest absolute Gasteiger partial charge is 0.253 e. The van der Waals surface area contributed by atoms with E-state index >= 15 is 0 Å². The highest BCUT2D eigenvalue weighted by Gasteiger charge is 2.08. The predicted molar refractivity (Wildman–Crippen MR) is 130 cm³/mol. The lowest BCUT2D eigenvalue weighted by molar-refractivity contribution is 0.0827. The van der Waals surface area contributed by atoms with Crippen molar-refractivity contribution in [3.05, 3.63) is 65.7 Å². The van der Waals surface area contributed by atoms with E-state index in [-0.39, 0.29) is 29.9 Å². The molecule has 0 aliphatic rings. The molecular weight excluding hydrogens is 483 g/mol. The summed E-state index contributed by atoms with van der Waals surface area (Å²) in [6, 6.07) is 18.0. The number of nitrogens with one attached hydrogen (secondary N) is 2. The van der Waals surface area contributed by atoms with Crippen molar-refractivity contribution in [2.24, 2.45) is 4.99 Å². The van der Waals surface area contributed by atoms with Crippen molar-refractivity contribution in [3.8, 4) is 0 Å². The second kappa shape index (κ2) is 12.7. The van der Waals surface area contributed by atoms with E-state index in [1.165, 1.54) is 4.90 Å². The molecule has 0 fully saturated rings. The SMILES string of the molecule is CN=C(NCc1ccc(C(=O)N(C)C)cc1)NCC(C)Sc1ccccc1.I. The van der Waals surface area contributed by atoms with Crippen molar-refractivity contribution in [1.82, 2.24) is 15.5 Å². The van der Waals surface area contributed by atoms with Crippen LogP contribution < -0.4 is 10.6 Å². The van der Waals surface area contributed by atoms with Gasteiger partial charge < -0.3 is 15.5 Å². The monoisotopic (exact) mass is 512 g/mol. The Morgan fingerprint density at radius 1 is 1.07 bits per heavy atom. The maximum atomic E-state index is 11.9. The summed E-state index contributed by atoms with van der Waals surface area (Å²) in [6.07, 6.45) is 0. The molecule has 2 aromatic carbocycles. The van der Waals surface area contributed by atoms with Crippen LogP contribution in [-0.2, 0) is 6.54 Å². The normalized spacial score (nSPS) is 11.9. The molecular formula is C21H29IN4OS. The van der Waals surface area contributed by atoms with E-state index in [0.29, 0.717) is 17.4 Å². The Bertz CT molecular complexity index is 751.